The first-order valence-electron chi connectivity index (χ1n) is 14.3. The van der Waals surface area contributed by atoms with E-state index in [9.17, 15) is 9.59 Å². The summed E-state index contributed by atoms with van der Waals surface area (Å²) in [7, 11) is 7.35. The third-order valence-corrected chi connectivity index (χ3v) is 6.87. The smallest absolute Gasteiger partial charge is 0.526 e. The number of carbonyl (C=O) groups is 2. The Morgan fingerprint density at radius 1 is 0.556 bits per heavy atom. The average Bonchev–Trinajstić information content (AvgIpc) is 3.08. The van der Waals surface area contributed by atoms with E-state index >= 15 is 0 Å². The molecule has 0 bridgehead atoms. The molecule has 10 nitrogen and oxygen atoms in total. The van der Waals surface area contributed by atoms with E-state index in [4.69, 9.17) is 28.3 Å². The van der Waals surface area contributed by atoms with Crippen LogP contribution in [0.15, 0.2) is 84.9 Å². The van der Waals surface area contributed by atoms with Gasteiger partial charge in [-0.3, -0.25) is 9.59 Å². The third-order valence-electron chi connectivity index (χ3n) is 6.87. The Morgan fingerprint density at radius 3 is 1.40 bits per heavy atom. The number of carbonyl (C=O) groups excluding carboxylic acids is 2. The summed E-state index contributed by atoms with van der Waals surface area (Å²) in [6.45, 7) is 0.893. The third kappa shape index (κ3) is 9.33. The van der Waals surface area contributed by atoms with Gasteiger partial charge in [0, 0.05) is 25.2 Å². The molecule has 0 aliphatic rings. The van der Waals surface area contributed by atoms with E-state index in [0.29, 0.717) is 60.1 Å². The van der Waals surface area contributed by atoms with Crippen LogP contribution in [0.1, 0.15) is 31.8 Å². The Morgan fingerprint density at radius 2 is 1.00 bits per heavy atom. The molecule has 0 saturated carbocycles. The molecule has 0 heterocycles. The van der Waals surface area contributed by atoms with Crippen molar-refractivity contribution in [3.05, 3.63) is 107 Å². The van der Waals surface area contributed by atoms with Crippen LogP contribution >= 0.6 is 0 Å². The van der Waals surface area contributed by atoms with Gasteiger partial charge >= 0.3 is 7.69 Å². The molecule has 0 aliphatic heterocycles. The predicted octanol–water partition coefficient (Wildman–Crippen LogP) is 4.66. The summed E-state index contributed by atoms with van der Waals surface area (Å²) in [5.74, 6) is 2.51. The minimum atomic E-state index is -0.266. The van der Waals surface area contributed by atoms with Gasteiger partial charge in [0.2, 0.25) is 0 Å². The van der Waals surface area contributed by atoms with E-state index < -0.39 is 0 Å². The molecule has 0 fully saturated rings. The van der Waals surface area contributed by atoms with Gasteiger partial charge in [-0.2, -0.15) is 0 Å². The van der Waals surface area contributed by atoms with Crippen molar-refractivity contribution in [2.45, 2.75) is 12.8 Å². The molecule has 0 unspecified atom stereocenters. The van der Waals surface area contributed by atoms with E-state index in [1.54, 1.807) is 50.6 Å². The van der Waals surface area contributed by atoms with Gasteiger partial charge in [0.15, 0.2) is 0 Å². The first-order valence-corrected chi connectivity index (χ1v) is 14.3. The molecule has 0 atom stereocenters. The fourth-order valence-corrected chi connectivity index (χ4v) is 4.49. The summed E-state index contributed by atoms with van der Waals surface area (Å²) in [6.07, 6.45) is 1.30. The summed E-state index contributed by atoms with van der Waals surface area (Å²) in [5.41, 5.74) is 2.85. The molecule has 4 aromatic rings. The molecule has 2 amide bonds. The molecule has 45 heavy (non-hydrogen) atoms. The zero-order chi connectivity index (χ0) is 32.0. The first-order chi connectivity index (χ1) is 21.9. The quantitative estimate of drug-likeness (QED) is 0.176. The molecule has 0 aliphatic carbocycles. The molecule has 2 N–H and O–H groups in total. The number of amides is 2. The molecule has 4 rings (SSSR count). The maximum Gasteiger partial charge on any atom is 0.658 e. The Hall–Kier alpha value is -5.32. The maximum atomic E-state index is 12.8. The fourth-order valence-electron chi connectivity index (χ4n) is 4.49. The molecule has 0 spiro atoms. The Labute approximate surface area is 263 Å². The van der Waals surface area contributed by atoms with Crippen molar-refractivity contribution in [3.63, 3.8) is 0 Å². The lowest BCUT2D eigenvalue weighted by Crippen LogP contribution is -2.26. The van der Waals surface area contributed by atoms with Crippen LogP contribution in [0, 0.1) is 0 Å². The molecule has 233 valence electrons. The summed E-state index contributed by atoms with van der Waals surface area (Å²) >= 11 is 0. The second-order valence-electron chi connectivity index (χ2n) is 9.77. The molecular formula is C34H36BN2O8. The van der Waals surface area contributed by atoms with Crippen molar-refractivity contribution in [1.82, 2.24) is 10.6 Å². The van der Waals surface area contributed by atoms with E-state index in [1.807, 2.05) is 48.5 Å². The highest BCUT2D eigenvalue weighted by molar-refractivity contribution is 6.20. The highest BCUT2D eigenvalue weighted by Gasteiger charge is 2.16. The van der Waals surface area contributed by atoms with Crippen LogP contribution in [0.25, 0.3) is 0 Å². The van der Waals surface area contributed by atoms with Gasteiger partial charge in [0.05, 0.1) is 39.6 Å². The van der Waals surface area contributed by atoms with Gasteiger partial charge in [-0.05, 0) is 72.5 Å². The minimum Gasteiger partial charge on any atom is -0.526 e. The minimum absolute atomic E-state index is 0.266. The van der Waals surface area contributed by atoms with E-state index in [1.165, 1.54) is 14.2 Å². The van der Waals surface area contributed by atoms with Gasteiger partial charge in [0.25, 0.3) is 11.8 Å². The molecule has 0 saturated heterocycles. The average molecular weight is 611 g/mol. The number of ether oxygens (including phenoxy) is 4. The lowest BCUT2D eigenvalue weighted by atomic mass is 10.1. The summed E-state index contributed by atoms with van der Waals surface area (Å²) < 4.78 is 32.6. The topological polar surface area (TPSA) is 114 Å². The number of methoxy groups -OCH3 is 4. The second kappa shape index (κ2) is 16.5. The summed E-state index contributed by atoms with van der Waals surface area (Å²) in [5, 5.41) is 5.82. The number of benzene rings is 4. The van der Waals surface area contributed by atoms with Crippen LogP contribution in [0.2, 0.25) is 0 Å². The van der Waals surface area contributed by atoms with Crippen molar-refractivity contribution in [1.29, 1.82) is 0 Å². The van der Waals surface area contributed by atoms with Crippen molar-refractivity contribution >= 4 is 19.5 Å². The number of nitrogens with one attached hydrogen (secondary N) is 2. The van der Waals surface area contributed by atoms with E-state index in [0.717, 1.165) is 30.3 Å². The van der Waals surface area contributed by atoms with Crippen LogP contribution in [-0.4, -0.2) is 61.0 Å². The highest BCUT2D eigenvalue weighted by Crippen LogP contribution is 2.27. The second-order valence-corrected chi connectivity index (χ2v) is 9.77. The van der Waals surface area contributed by atoms with Gasteiger partial charge in [0.1, 0.15) is 34.5 Å². The number of hydrogen-bond donors (Lipinski definition) is 2. The standard InChI is InChI=1S/C34H36BN2O8/c1-40-25-9-5-7-23(19-25)15-17-36-33(38)29-13-11-27(21-31(29)42-3)44-35-45-28-12-14-30(32(22-28)43-4)34(39)37-18-16-24-8-6-10-26(20-24)41-2/h5-14,19-22H,15-18H2,1-4H3,(H,36,38)(H,37,39). The van der Waals surface area contributed by atoms with E-state index in [-0.39, 0.29) is 11.8 Å². The maximum absolute atomic E-state index is 12.8. The van der Waals surface area contributed by atoms with E-state index in [2.05, 4.69) is 10.6 Å². The lowest BCUT2D eigenvalue weighted by Gasteiger charge is -2.13. The van der Waals surface area contributed by atoms with Crippen LogP contribution in [-0.2, 0) is 12.8 Å². The molecule has 11 heteroatoms. The Bertz CT molecular complexity index is 1480. The Balaban J connectivity index is 1.26. The largest absolute Gasteiger partial charge is 0.658 e. The van der Waals surface area contributed by atoms with Crippen molar-refractivity contribution < 1.29 is 37.8 Å². The van der Waals surface area contributed by atoms with Crippen molar-refractivity contribution in [2.24, 2.45) is 0 Å². The zero-order valence-electron chi connectivity index (χ0n) is 25.8. The molecule has 0 aromatic heterocycles. The van der Waals surface area contributed by atoms with Gasteiger partial charge < -0.3 is 38.9 Å². The Kier molecular flexibility index (Phi) is 12.0. The van der Waals surface area contributed by atoms with Gasteiger partial charge in [-0.25, -0.2) is 0 Å². The van der Waals surface area contributed by atoms with Crippen LogP contribution in [0.5, 0.6) is 34.5 Å². The highest BCUT2D eigenvalue weighted by atomic mass is 16.6. The molecular weight excluding hydrogens is 575 g/mol. The predicted molar refractivity (Wildman–Crippen MR) is 171 cm³/mol. The monoisotopic (exact) mass is 611 g/mol. The molecule has 4 aromatic carbocycles. The van der Waals surface area contributed by atoms with Gasteiger partial charge in [-0.15, -0.1) is 0 Å². The summed E-state index contributed by atoms with van der Waals surface area (Å²) in [6, 6.07) is 25.1. The number of rotatable bonds is 16. The van der Waals surface area contributed by atoms with Crippen molar-refractivity contribution in [3.8, 4) is 34.5 Å². The summed E-state index contributed by atoms with van der Waals surface area (Å²) in [4.78, 5) is 25.6. The SMILES string of the molecule is COc1cccc(CCNC(=O)c2ccc(O[B]Oc3ccc(C(=O)NCCc4cccc(OC)c4)c(OC)c3)cc2OC)c1. The molecule has 1 radical (unpaired) electrons. The number of hydrogen-bond acceptors (Lipinski definition) is 8. The zero-order valence-corrected chi connectivity index (χ0v) is 25.8. The van der Waals surface area contributed by atoms with Crippen LogP contribution < -0.4 is 38.9 Å². The normalized spacial score (nSPS) is 10.3. The van der Waals surface area contributed by atoms with Gasteiger partial charge in [-0.1, -0.05) is 24.3 Å². The fraction of sp³-hybridized carbons (Fsp3) is 0.235. The van der Waals surface area contributed by atoms with Crippen molar-refractivity contribution in [2.75, 3.05) is 41.5 Å². The van der Waals surface area contributed by atoms with Crippen LogP contribution in [0.3, 0.4) is 0 Å². The first kappa shape index (κ1) is 32.6. The lowest BCUT2D eigenvalue weighted by molar-refractivity contribution is 0.0942. The van der Waals surface area contributed by atoms with Crippen LogP contribution in [0.4, 0.5) is 0 Å².